The second-order valence-electron chi connectivity index (χ2n) is 6.63. The van der Waals surface area contributed by atoms with Crippen molar-refractivity contribution in [3.05, 3.63) is 102 Å². The molecule has 0 saturated carbocycles. The van der Waals surface area contributed by atoms with Crippen LogP contribution in [0.25, 0.3) is 0 Å². The lowest BCUT2D eigenvalue weighted by Crippen LogP contribution is -2.49. The summed E-state index contributed by atoms with van der Waals surface area (Å²) in [6.07, 6.45) is 1.84. The zero-order valence-electron chi connectivity index (χ0n) is 14.5. The SMILES string of the molecule is O=C(N1CCCc2ccccc21)C(O)(c1ccccc1)c1ccccc1. The molecule has 1 amide bonds. The molecule has 3 aromatic carbocycles. The Bertz CT molecular complexity index is 866. The van der Waals surface area contributed by atoms with Crippen LogP contribution in [-0.4, -0.2) is 17.6 Å². The molecule has 0 saturated heterocycles. The number of carbonyl (C=O) groups excluding carboxylic acids is 1. The number of fused-ring (bicyclic) bond motifs is 1. The Morgan fingerprint density at radius 3 is 1.96 bits per heavy atom. The number of carbonyl (C=O) groups is 1. The highest BCUT2D eigenvalue weighted by atomic mass is 16.3. The van der Waals surface area contributed by atoms with E-state index in [1.807, 2.05) is 54.6 Å². The van der Waals surface area contributed by atoms with E-state index in [9.17, 15) is 9.90 Å². The summed E-state index contributed by atoms with van der Waals surface area (Å²) in [4.78, 5) is 15.4. The predicted molar refractivity (Wildman–Crippen MR) is 103 cm³/mol. The molecule has 1 heterocycles. The molecular weight excluding hydrogens is 322 g/mol. The van der Waals surface area contributed by atoms with Crippen LogP contribution < -0.4 is 4.90 Å². The van der Waals surface area contributed by atoms with Gasteiger partial charge in [-0.05, 0) is 35.6 Å². The van der Waals surface area contributed by atoms with Gasteiger partial charge in [-0.15, -0.1) is 0 Å². The van der Waals surface area contributed by atoms with E-state index in [1.165, 1.54) is 0 Å². The first-order valence-electron chi connectivity index (χ1n) is 8.94. The van der Waals surface area contributed by atoms with E-state index in [0.29, 0.717) is 17.7 Å². The van der Waals surface area contributed by atoms with Gasteiger partial charge in [0.15, 0.2) is 5.60 Å². The van der Waals surface area contributed by atoms with Crippen LogP contribution in [0.2, 0.25) is 0 Å². The van der Waals surface area contributed by atoms with Crippen molar-refractivity contribution >= 4 is 11.6 Å². The van der Waals surface area contributed by atoms with Crippen molar-refractivity contribution in [1.29, 1.82) is 0 Å². The molecule has 3 aromatic rings. The highest BCUT2D eigenvalue weighted by molar-refractivity contribution is 6.03. The molecular formula is C23H21NO2. The van der Waals surface area contributed by atoms with E-state index in [0.717, 1.165) is 24.1 Å². The zero-order chi connectivity index (χ0) is 18.0. The average Bonchev–Trinajstić information content (AvgIpc) is 2.73. The molecule has 4 rings (SSSR count). The first-order valence-corrected chi connectivity index (χ1v) is 8.94. The van der Waals surface area contributed by atoms with Crippen LogP contribution in [0.4, 0.5) is 5.69 Å². The number of aryl methyl sites for hydroxylation is 1. The molecule has 0 unspecified atom stereocenters. The van der Waals surface area contributed by atoms with Crippen molar-refractivity contribution < 1.29 is 9.90 Å². The fourth-order valence-electron chi connectivity index (χ4n) is 3.71. The quantitative estimate of drug-likeness (QED) is 0.783. The van der Waals surface area contributed by atoms with Gasteiger partial charge >= 0.3 is 0 Å². The third kappa shape index (κ3) is 2.71. The number of aliphatic hydroxyl groups is 1. The van der Waals surface area contributed by atoms with Gasteiger partial charge in [0.1, 0.15) is 0 Å². The molecule has 0 aromatic heterocycles. The molecule has 0 atom stereocenters. The van der Waals surface area contributed by atoms with Gasteiger partial charge in [-0.25, -0.2) is 0 Å². The number of para-hydroxylation sites is 1. The summed E-state index contributed by atoms with van der Waals surface area (Å²) < 4.78 is 0. The van der Waals surface area contributed by atoms with Crippen molar-refractivity contribution in [3.63, 3.8) is 0 Å². The fourth-order valence-corrected chi connectivity index (χ4v) is 3.71. The van der Waals surface area contributed by atoms with Crippen LogP contribution in [0.15, 0.2) is 84.9 Å². The van der Waals surface area contributed by atoms with Gasteiger partial charge in [-0.3, -0.25) is 4.79 Å². The monoisotopic (exact) mass is 343 g/mol. The maximum atomic E-state index is 13.7. The summed E-state index contributed by atoms with van der Waals surface area (Å²) in [5, 5.41) is 11.7. The Hall–Kier alpha value is -2.91. The highest BCUT2D eigenvalue weighted by Crippen LogP contribution is 2.36. The molecule has 3 heteroatoms. The minimum Gasteiger partial charge on any atom is -0.372 e. The number of anilines is 1. The Balaban J connectivity index is 1.85. The summed E-state index contributed by atoms with van der Waals surface area (Å²) in [6, 6.07) is 26.3. The van der Waals surface area contributed by atoms with Gasteiger partial charge in [0.05, 0.1) is 0 Å². The molecule has 130 valence electrons. The third-order valence-electron chi connectivity index (χ3n) is 5.05. The lowest BCUT2D eigenvalue weighted by atomic mass is 9.84. The Kier molecular flexibility index (Phi) is 4.31. The van der Waals surface area contributed by atoms with Crippen LogP contribution in [0, 0.1) is 0 Å². The highest BCUT2D eigenvalue weighted by Gasteiger charge is 2.43. The predicted octanol–water partition coefficient (Wildman–Crippen LogP) is 3.90. The molecule has 1 aliphatic rings. The number of hydrogen-bond donors (Lipinski definition) is 1. The second-order valence-corrected chi connectivity index (χ2v) is 6.63. The molecule has 0 aliphatic carbocycles. The van der Waals surface area contributed by atoms with Crippen LogP contribution in [0.5, 0.6) is 0 Å². The summed E-state index contributed by atoms with van der Waals surface area (Å²) in [6.45, 7) is 0.609. The van der Waals surface area contributed by atoms with Gasteiger partial charge in [-0.2, -0.15) is 0 Å². The lowest BCUT2D eigenvalue weighted by Gasteiger charge is -2.37. The van der Waals surface area contributed by atoms with Gasteiger partial charge in [0.25, 0.3) is 5.91 Å². The molecule has 26 heavy (non-hydrogen) atoms. The van der Waals surface area contributed by atoms with Crippen molar-refractivity contribution in [2.75, 3.05) is 11.4 Å². The minimum absolute atomic E-state index is 0.304. The number of hydrogen-bond acceptors (Lipinski definition) is 2. The summed E-state index contributed by atoms with van der Waals surface area (Å²) in [5.41, 5.74) is 1.50. The number of benzene rings is 3. The van der Waals surface area contributed by atoms with E-state index in [-0.39, 0.29) is 5.91 Å². The van der Waals surface area contributed by atoms with Crippen LogP contribution in [0.3, 0.4) is 0 Å². The van der Waals surface area contributed by atoms with Crippen molar-refractivity contribution in [1.82, 2.24) is 0 Å². The van der Waals surface area contributed by atoms with Gasteiger partial charge in [-0.1, -0.05) is 78.9 Å². The first kappa shape index (κ1) is 16.6. The Morgan fingerprint density at radius 1 is 0.808 bits per heavy atom. The standard InChI is InChI=1S/C23H21NO2/c25-22(24-17-9-11-18-10-7-8-16-21(18)24)23(26,19-12-3-1-4-13-19)20-14-5-2-6-15-20/h1-8,10,12-16,26H,9,11,17H2. The smallest absolute Gasteiger partial charge is 0.268 e. The second kappa shape index (κ2) is 6.77. The zero-order valence-corrected chi connectivity index (χ0v) is 14.5. The molecule has 1 N–H and O–H groups in total. The molecule has 3 nitrogen and oxygen atoms in total. The van der Waals surface area contributed by atoms with E-state index in [1.54, 1.807) is 29.2 Å². The Labute approximate surface area is 153 Å². The molecule has 0 fully saturated rings. The van der Waals surface area contributed by atoms with E-state index >= 15 is 0 Å². The maximum Gasteiger partial charge on any atom is 0.268 e. The van der Waals surface area contributed by atoms with Crippen LogP contribution >= 0.6 is 0 Å². The van der Waals surface area contributed by atoms with Gasteiger partial charge < -0.3 is 10.0 Å². The number of amides is 1. The molecule has 0 spiro atoms. The Morgan fingerprint density at radius 2 is 1.35 bits per heavy atom. The molecule has 1 aliphatic heterocycles. The topological polar surface area (TPSA) is 40.5 Å². The first-order chi connectivity index (χ1) is 12.7. The summed E-state index contributed by atoms with van der Waals surface area (Å²) in [7, 11) is 0. The van der Waals surface area contributed by atoms with Crippen molar-refractivity contribution in [2.45, 2.75) is 18.4 Å². The largest absolute Gasteiger partial charge is 0.372 e. The minimum atomic E-state index is -1.72. The number of nitrogens with zero attached hydrogens (tertiary/aromatic N) is 1. The normalized spacial score (nSPS) is 14.0. The average molecular weight is 343 g/mol. The fraction of sp³-hybridized carbons (Fsp3) is 0.174. The van der Waals surface area contributed by atoms with Gasteiger partial charge in [0.2, 0.25) is 0 Å². The van der Waals surface area contributed by atoms with E-state index in [4.69, 9.17) is 0 Å². The summed E-state index contributed by atoms with van der Waals surface area (Å²) in [5.74, 6) is -0.304. The van der Waals surface area contributed by atoms with Crippen LogP contribution in [0.1, 0.15) is 23.1 Å². The molecule has 0 radical (unpaired) electrons. The van der Waals surface area contributed by atoms with Crippen molar-refractivity contribution in [3.8, 4) is 0 Å². The van der Waals surface area contributed by atoms with Crippen molar-refractivity contribution in [2.24, 2.45) is 0 Å². The maximum absolute atomic E-state index is 13.7. The number of rotatable bonds is 3. The van der Waals surface area contributed by atoms with E-state index < -0.39 is 5.60 Å². The van der Waals surface area contributed by atoms with Gasteiger partial charge in [0, 0.05) is 12.2 Å². The lowest BCUT2D eigenvalue weighted by molar-refractivity contribution is -0.133. The van der Waals surface area contributed by atoms with Crippen LogP contribution in [-0.2, 0) is 16.8 Å². The summed E-state index contributed by atoms with van der Waals surface area (Å²) >= 11 is 0. The third-order valence-corrected chi connectivity index (χ3v) is 5.05. The molecule has 0 bridgehead atoms. The van der Waals surface area contributed by atoms with E-state index in [2.05, 4.69) is 6.07 Å².